The van der Waals surface area contributed by atoms with Crippen LogP contribution in [0, 0.1) is 11.8 Å². The summed E-state index contributed by atoms with van der Waals surface area (Å²) in [5.74, 6) is -1.10. The minimum atomic E-state index is -0.794. The average Bonchev–Trinajstić information content (AvgIpc) is 2.89. The van der Waals surface area contributed by atoms with Gasteiger partial charge >= 0.3 is 5.97 Å². The maximum Gasteiger partial charge on any atom is 0.303 e. The third kappa shape index (κ3) is 7.29. The Kier molecular flexibility index (Phi) is 8.72. The van der Waals surface area contributed by atoms with Crippen molar-refractivity contribution in [1.82, 2.24) is 0 Å². The zero-order chi connectivity index (χ0) is 19.6. The van der Waals surface area contributed by atoms with E-state index in [0.717, 1.165) is 5.56 Å². The van der Waals surface area contributed by atoms with Crippen molar-refractivity contribution in [3.63, 3.8) is 0 Å². The molecule has 1 saturated carbocycles. The van der Waals surface area contributed by atoms with Gasteiger partial charge in [-0.25, -0.2) is 0 Å². The molecule has 0 aromatic heterocycles. The smallest absolute Gasteiger partial charge is 0.303 e. The SMILES string of the molecule is O=C(O)CCC/C=C\C[C@@H]1[C@H](/C=C/[C@@H](O)Cc2ccccc2)[C@H](O)C[C@@H]1O. The molecule has 0 saturated heterocycles. The van der Waals surface area contributed by atoms with Crippen molar-refractivity contribution < 1.29 is 25.2 Å². The lowest BCUT2D eigenvalue weighted by Gasteiger charge is -2.19. The normalized spacial score (nSPS) is 26.8. The number of carbonyl (C=O) groups is 1. The Morgan fingerprint density at radius 1 is 1.15 bits per heavy atom. The average molecular weight is 374 g/mol. The van der Waals surface area contributed by atoms with Crippen molar-refractivity contribution in [1.29, 1.82) is 0 Å². The fraction of sp³-hybridized carbons (Fsp3) is 0.500. The van der Waals surface area contributed by atoms with E-state index in [1.54, 1.807) is 6.08 Å². The van der Waals surface area contributed by atoms with Gasteiger partial charge < -0.3 is 20.4 Å². The Morgan fingerprint density at radius 2 is 1.89 bits per heavy atom. The molecule has 1 aliphatic rings. The maximum atomic E-state index is 10.5. The molecule has 5 nitrogen and oxygen atoms in total. The highest BCUT2D eigenvalue weighted by molar-refractivity contribution is 5.66. The molecule has 2 rings (SSSR count). The predicted molar refractivity (Wildman–Crippen MR) is 104 cm³/mol. The van der Waals surface area contributed by atoms with Gasteiger partial charge in [0.15, 0.2) is 0 Å². The molecule has 0 bridgehead atoms. The predicted octanol–water partition coefficient (Wildman–Crippen LogP) is 2.71. The quantitative estimate of drug-likeness (QED) is 0.373. The van der Waals surface area contributed by atoms with Crippen LogP contribution >= 0.6 is 0 Å². The number of carboxylic acids is 1. The molecule has 5 heteroatoms. The highest BCUT2D eigenvalue weighted by Crippen LogP contribution is 2.36. The van der Waals surface area contributed by atoms with Gasteiger partial charge in [0.1, 0.15) is 0 Å². The molecule has 0 aliphatic heterocycles. The van der Waals surface area contributed by atoms with Crippen LogP contribution in [-0.2, 0) is 11.2 Å². The molecule has 1 fully saturated rings. The van der Waals surface area contributed by atoms with Crippen molar-refractivity contribution in [2.45, 2.75) is 56.8 Å². The molecule has 0 spiro atoms. The summed E-state index contributed by atoms with van der Waals surface area (Å²) in [5, 5.41) is 39.3. The number of aliphatic hydroxyl groups excluding tert-OH is 3. The molecule has 1 aliphatic carbocycles. The molecular formula is C22H30O5. The number of aliphatic hydroxyl groups is 3. The van der Waals surface area contributed by atoms with Crippen molar-refractivity contribution in [2.24, 2.45) is 11.8 Å². The molecular weight excluding hydrogens is 344 g/mol. The molecule has 1 aromatic rings. The Hall–Kier alpha value is -1.95. The highest BCUT2D eigenvalue weighted by atomic mass is 16.4. The third-order valence-electron chi connectivity index (χ3n) is 5.10. The van der Waals surface area contributed by atoms with Crippen molar-refractivity contribution in [3.05, 3.63) is 60.2 Å². The van der Waals surface area contributed by atoms with Gasteiger partial charge in [-0.05, 0) is 30.7 Å². The van der Waals surface area contributed by atoms with Crippen molar-refractivity contribution in [3.8, 4) is 0 Å². The van der Waals surface area contributed by atoms with Crippen molar-refractivity contribution in [2.75, 3.05) is 0 Å². The van der Waals surface area contributed by atoms with Gasteiger partial charge in [0.2, 0.25) is 0 Å². The fourth-order valence-electron chi connectivity index (χ4n) is 3.63. The van der Waals surface area contributed by atoms with Gasteiger partial charge in [0.05, 0.1) is 18.3 Å². The molecule has 0 amide bonds. The fourth-order valence-corrected chi connectivity index (χ4v) is 3.63. The lowest BCUT2D eigenvalue weighted by molar-refractivity contribution is -0.137. The summed E-state index contributed by atoms with van der Waals surface area (Å²) in [5.41, 5.74) is 1.04. The lowest BCUT2D eigenvalue weighted by Crippen LogP contribution is -2.20. The van der Waals surface area contributed by atoms with Gasteiger partial charge in [0, 0.05) is 25.2 Å². The summed E-state index contributed by atoms with van der Waals surface area (Å²) >= 11 is 0. The molecule has 0 heterocycles. The number of aliphatic carboxylic acids is 1. The van der Waals surface area contributed by atoms with Gasteiger partial charge in [-0.15, -0.1) is 0 Å². The Labute approximate surface area is 160 Å². The number of rotatable bonds is 10. The van der Waals surface area contributed by atoms with E-state index in [1.165, 1.54) is 0 Å². The van der Waals surface area contributed by atoms with Crippen LogP contribution in [0.5, 0.6) is 0 Å². The minimum Gasteiger partial charge on any atom is -0.481 e. The van der Waals surface area contributed by atoms with E-state index in [-0.39, 0.29) is 18.3 Å². The van der Waals surface area contributed by atoms with Crippen molar-refractivity contribution >= 4 is 5.97 Å². The first kappa shape index (κ1) is 21.4. The van der Waals surface area contributed by atoms with Gasteiger partial charge in [-0.3, -0.25) is 4.79 Å². The first-order valence-corrected chi connectivity index (χ1v) is 9.60. The van der Waals surface area contributed by atoms with E-state index in [9.17, 15) is 20.1 Å². The summed E-state index contributed by atoms with van der Waals surface area (Å²) in [7, 11) is 0. The maximum absolute atomic E-state index is 10.5. The number of carboxylic acid groups (broad SMARTS) is 1. The van der Waals surface area contributed by atoms with Gasteiger partial charge in [0.25, 0.3) is 0 Å². The number of benzene rings is 1. The Bertz CT molecular complexity index is 625. The molecule has 1 aromatic carbocycles. The Morgan fingerprint density at radius 3 is 2.59 bits per heavy atom. The number of hydrogen-bond donors (Lipinski definition) is 4. The minimum absolute atomic E-state index is 0.101. The number of unbranched alkanes of at least 4 members (excludes halogenated alkanes) is 1. The standard InChI is InChI=1S/C22H30O5/c23-17(14-16-8-4-3-5-9-16)12-13-19-18(20(24)15-21(19)25)10-6-1-2-7-11-22(26)27/h1,3-6,8-9,12-13,17-21,23-25H,2,7,10-11,14-15H2,(H,26,27)/b6-1-,13-12+/t17-,18-,19+,20+,21-/m1/s1. The van der Waals surface area contributed by atoms with Crippen LogP contribution in [0.4, 0.5) is 0 Å². The largest absolute Gasteiger partial charge is 0.481 e. The molecule has 5 atom stereocenters. The topological polar surface area (TPSA) is 98.0 Å². The molecule has 148 valence electrons. The summed E-state index contributed by atoms with van der Waals surface area (Å²) in [4.78, 5) is 10.5. The van der Waals surface area contributed by atoms with Crippen LogP contribution < -0.4 is 0 Å². The molecule has 0 radical (unpaired) electrons. The second-order valence-corrected chi connectivity index (χ2v) is 7.25. The van der Waals surface area contributed by atoms with Gasteiger partial charge in [-0.2, -0.15) is 0 Å². The lowest BCUT2D eigenvalue weighted by atomic mass is 9.89. The zero-order valence-corrected chi connectivity index (χ0v) is 15.5. The summed E-state index contributed by atoms with van der Waals surface area (Å²) in [6.45, 7) is 0. The first-order chi connectivity index (χ1) is 13.0. The second-order valence-electron chi connectivity index (χ2n) is 7.25. The van der Waals surface area contributed by atoms with Crippen LogP contribution in [0.1, 0.15) is 37.7 Å². The second kappa shape index (κ2) is 11.0. The first-order valence-electron chi connectivity index (χ1n) is 9.60. The van der Waals surface area contributed by atoms with E-state index in [4.69, 9.17) is 5.11 Å². The van der Waals surface area contributed by atoms with E-state index in [2.05, 4.69) is 0 Å². The van der Waals surface area contributed by atoms with Gasteiger partial charge in [-0.1, -0.05) is 54.6 Å². The van der Waals surface area contributed by atoms with Crippen LogP contribution in [0.15, 0.2) is 54.6 Å². The summed E-state index contributed by atoms with van der Waals surface area (Å²) in [6.07, 6.45) is 8.50. The third-order valence-corrected chi connectivity index (χ3v) is 5.10. The zero-order valence-electron chi connectivity index (χ0n) is 15.5. The van der Waals surface area contributed by atoms with E-state index in [1.807, 2.05) is 48.6 Å². The number of allylic oxidation sites excluding steroid dienone is 2. The van der Waals surface area contributed by atoms with Crippen LogP contribution in [0.25, 0.3) is 0 Å². The van der Waals surface area contributed by atoms with Crippen LogP contribution in [0.2, 0.25) is 0 Å². The van der Waals surface area contributed by atoms with Crippen LogP contribution in [-0.4, -0.2) is 44.7 Å². The summed E-state index contributed by atoms with van der Waals surface area (Å²) < 4.78 is 0. The summed E-state index contributed by atoms with van der Waals surface area (Å²) in [6, 6.07) is 9.72. The molecule has 0 unspecified atom stereocenters. The Balaban J connectivity index is 1.86. The monoisotopic (exact) mass is 374 g/mol. The molecule has 4 N–H and O–H groups in total. The highest BCUT2D eigenvalue weighted by Gasteiger charge is 2.39. The van der Waals surface area contributed by atoms with Crippen LogP contribution in [0.3, 0.4) is 0 Å². The van der Waals surface area contributed by atoms with E-state index < -0.39 is 24.3 Å². The van der Waals surface area contributed by atoms with E-state index in [0.29, 0.717) is 32.1 Å². The van der Waals surface area contributed by atoms with E-state index >= 15 is 0 Å². The number of hydrogen-bond acceptors (Lipinski definition) is 4. The molecule has 27 heavy (non-hydrogen) atoms.